The molecule has 0 atom stereocenters. The summed E-state index contributed by atoms with van der Waals surface area (Å²) in [5, 5.41) is 4.29. The second-order valence-electron chi connectivity index (χ2n) is 3.69. The number of fused-ring (bicyclic) bond motifs is 1. The number of hydrogen-bond donors (Lipinski definition) is 0. The number of aryl methyl sites for hydroxylation is 1. The highest BCUT2D eigenvalue weighted by Gasteiger charge is 2.17. The number of carbonyl (C=O) groups is 1. The van der Waals surface area contributed by atoms with Gasteiger partial charge < -0.3 is 4.90 Å². The van der Waals surface area contributed by atoms with Crippen LogP contribution in [-0.4, -0.2) is 34.5 Å². The first kappa shape index (κ1) is 9.71. The number of amides is 1. The second kappa shape index (κ2) is 3.38. The van der Waals surface area contributed by atoms with Crippen LogP contribution in [0.25, 0.3) is 5.52 Å². The van der Waals surface area contributed by atoms with Crippen molar-refractivity contribution in [3.05, 3.63) is 35.7 Å². The molecule has 0 aromatic carbocycles. The minimum absolute atomic E-state index is 0.00583. The van der Waals surface area contributed by atoms with Crippen molar-refractivity contribution in [2.75, 3.05) is 14.1 Å². The van der Waals surface area contributed by atoms with Gasteiger partial charge in [-0.05, 0) is 19.1 Å². The standard InChI is InChI=1S/C11H13N3O/c1-8-10(11(15)13(2)3)9-6-4-5-7-14(9)12-8/h4-7H,1-3H3. The van der Waals surface area contributed by atoms with Crippen LogP contribution >= 0.6 is 0 Å². The molecular formula is C11H13N3O. The Labute approximate surface area is 88.1 Å². The van der Waals surface area contributed by atoms with Crippen molar-refractivity contribution >= 4 is 11.4 Å². The van der Waals surface area contributed by atoms with E-state index in [9.17, 15) is 4.79 Å². The lowest BCUT2D eigenvalue weighted by Crippen LogP contribution is -2.22. The van der Waals surface area contributed by atoms with E-state index in [1.165, 1.54) is 0 Å². The Bertz CT molecular complexity index is 514. The summed E-state index contributed by atoms with van der Waals surface area (Å²) in [7, 11) is 3.49. The maximum absolute atomic E-state index is 11.9. The summed E-state index contributed by atoms with van der Waals surface area (Å²) in [6.07, 6.45) is 1.84. The van der Waals surface area contributed by atoms with Crippen LogP contribution in [0.3, 0.4) is 0 Å². The van der Waals surface area contributed by atoms with Gasteiger partial charge in [0.1, 0.15) is 0 Å². The average Bonchev–Trinajstić information content (AvgIpc) is 2.52. The van der Waals surface area contributed by atoms with Crippen LogP contribution in [0.1, 0.15) is 16.1 Å². The molecule has 0 unspecified atom stereocenters. The Morgan fingerprint density at radius 2 is 2.13 bits per heavy atom. The molecule has 0 spiro atoms. The van der Waals surface area contributed by atoms with Crippen molar-refractivity contribution in [2.45, 2.75) is 6.92 Å². The number of nitrogens with zero attached hydrogens (tertiary/aromatic N) is 3. The highest BCUT2D eigenvalue weighted by atomic mass is 16.2. The lowest BCUT2D eigenvalue weighted by Gasteiger charge is -2.09. The molecule has 2 rings (SSSR count). The van der Waals surface area contributed by atoms with Crippen LogP contribution in [0.2, 0.25) is 0 Å². The molecule has 0 aliphatic rings. The molecule has 2 heterocycles. The van der Waals surface area contributed by atoms with E-state index in [4.69, 9.17) is 0 Å². The minimum Gasteiger partial charge on any atom is -0.345 e. The Morgan fingerprint density at radius 3 is 2.80 bits per heavy atom. The van der Waals surface area contributed by atoms with Crippen LogP contribution < -0.4 is 0 Å². The van der Waals surface area contributed by atoms with E-state index in [-0.39, 0.29) is 5.91 Å². The second-order valence-corrected chi connectivity index (χ2v) is 3.69. The topological polar surface area (TPSA) is 37.6 Å². The van der Waals surface area contributed by atoms with Crippen LogP contribution in [0, 0.1) is 6.92 Å². The fraction of sp³-hybridized carbons (Fsp3) is 0.273. The summed E-state index contributed by atoms with van der Waals surface area (Å²) in [6.45, 7) is 1.85. The van der Waals surface area contributed by atoms with Gasteiger partial charge in [0.2, 0.25) is 0 Å². The molecule has 15 heavy (non-hydrogen) atoms. The van der Waals surface area contributed by atoms with Gasteiger partial charge in [0, 0.05) is 20.3 Å². The molecule has 0 radical (unpaired) electrons. The van der Waals surface area contributed by atoms with E-state index in [0.717, 1.165) is 11.2 Å². The third-order valence-electron chi connectivity index (χ3n) is 2.34. The molecule has 0 saturated heterocycles. The van der Waals surface area contributed by atoms with Crippen LogP contribution in [0.15, 0.2) is 24.4 Å². The van der Waals surface area contributed by atoms with Crippen molar-refractivity contribution in [2.24, 2.45) is 0 Å². The number of carbonyl (C=O) groups excluding carboxylic acids is 1. The molecule has 0 aliphatic carbocycles. The summed E-state index contributed by atoms with van der Waals surface area (Å²) in [5.74, 6) is -0.00583. The molecule has 4 nitrogen and oxygen atoms in total. The van der Waals surface area contributed by atoms with E-state index in [0.29, 0.717) is 5.56 Å². The lowest BCUT2D eigenvalue weighted by atomic mass is 10.2. The first-order valence-electron chi connectivity index (χ1n) is 4.77. The molecule has 78 valence electrons. The van der Waals surface area contributed by atoms with Gasteiger partial charge in [-0.3, -0.25) is 4.79 Å². The largest absolute Gasteiger partial charge is 0.345 e. The van der Waals surface area contributed by atoms with Gasteiger partial charge in [-0.25, -0.2) is 4.52 Å². The van der Waals surface area contributed by atoms with Gasteiger partial charge in [0.05, 0.1) is 16.8 Å². The molecular weight excluding hydrogens is 190 g/mol. The fourth-order valence-electron chi connectivity index (χ4n) is 1.60. The van der Waals surface area contributed by atoms with E-state index in [2.05, 4.69) is 5.10 Å². The van der Waals surface area contributed by atoms with E-state index >= 15 is 0 Å². The van der Waals surface area contributed by atoms with E-state index in [1.54, 1.807) is 23.5 Å². The summed E-state index contributed by atoms with van der Waals surface area (Å²) in [4.78, 5) is 13.5. The van der Waals surface area contributed by atoms with Crippen LogP contribution in [0.4, 0.5) is 0 Å². The van der Waals surface area contributed by atoms with Gasteiger partial charge in [0.15, 0.2) is 0 Å². The Hall–Kier alpha value is -1.84. The van der Waals surface area contributed by atoms with Gasteiger partial charge in [-0.15, -0.1) is 0 Å². The summed E-state index contributed by atoms with van der Waals surface area (Å²) in [6, 6.07) is 5.70. The fourth-order valence-corrected chi connectivity index (χ4v) is 1.60. The number of pyridine rings is 1. The van der Waals surface area contributed by atoms with Crippen molar-refractivity contribution < 1.29 is 4.79 Å². The first-order valence-corrected chi connectivity index (χ1v) is 4.77. The Balaban J connectivity index is 2.69. The predicted molar refractivity (Wildman–Crippen MR) is 57.9 cm³/mol. The molecule has 0 N–H and O–H groups in total. The zero-order valence-corrected chi connectivity index (χ0v) is 9.06. The van der Waals surface area contributed by atoms with Gasteiger partial charge in [-0.1, -0.05) is 6.07 Å². The molecule has 0 saturated carbocycles. The normalized spacial score (nSPS) is 10.6. The van der Waals surface area contributed by atoms with Crippen LogP contribution in [-0.2, 0) is 0 Å². The third-order valence-corrected chi connectivity index (χ3v) is 2.34. The zero-order valence-electron chi connectivity index (χ0n) is 9.06. The minimum atomic E-state index is -0.00583. The number of rotatable bonds is 1. The lowest BCUT2D eigenvalue weighted by molar-refractivity contribution is 0.0829. The third kappa shape index (κ3) is 1.48. The molecule has 1 amide bonds. The maximum atomic E-state index is 11.9. The highest BCUT2D eigenvalue weighted by molar-refractivity contribution is 6.01. The number of aromatic nitrogens is 2. The maximum Gasteiger partial charge on any atom is 0.257 e. The quantitative estimate of drug-likeness (QED) is 0.701. The van der Waals surface area contributed by atoms with Gasteiger partial charge in [0.25, 0.3) is 5.91 Å². The van der Waals surface area contributed by atoms with Crippen molar-refractivity contribution in [3.63, 3.8) is 0 Å². The van der Waals surface area contributed by atoms with Crippen LogP contribution in [0.5, 0.6) is 0 Å². The zero-order chi connectivity index (χ0) is 11.0. The molecule has 0 bridgehead atoms. The van der Waals surface area contributed by atoms with Gasteiger partial charge >= 0.3 is 0 Å². The Kier molecular flexibility index (Phi) is 2.19. The van der Waals surface area contributed by atoms with E-state index in [1.807, 2.05) is 31.3 Å². The summed E-state index contributed by atoms with van der Waals surface area (Å²) < 4.78 is 1.73. The summed E-state index contributed by atoms with van der Waals surface area (Å²) in [5.41, 5.74) is 2.30. The average molecular weight is 203 g/mol. The smallest absolute Gasteiger partial charge is 0.257 e. The van der Waals surface area contributed by atoms with E-state index < -0.39 is 0 Å². The Morgan fingerprint density at radius 1 is 1.40 bits per heavy atom. The molecule has 4 heteroatoms. The molecule has 0 aliphatic heterocycles. The first-order chi connectivity index (χ1) is 7.11. The summed E-state index contributed by atoms with van der Waals surface area (Å²) >= 11 is 0. The van der Waals surface area contributed by atoms with Crippen molar-refractivity contribution in [3.8, 4) is 0 Å². The van der Waals surface area contributed by atoms with Gasteiger partial charge in [-0.2, -0.15) is 5.10 Å². The van der Waals surface area contributed by atoms with Crippen molar-refractivity contribution in [1.29, 1.82) is 0 Å². The monoisotopic (exact) mass is 203 g/mol. The molecule has 2 aromatic rings. The number of hydrogen-bond acceptors (Lipinski definition) is 2. The molecule has 0 fully saturated rings. The molecule has 2 aromatic heterocycles. The van der Waals surface area contributed by atoms with Crippen molar-refractivity contribution in [1.82, 2.24) is 14.5 Å². The predicted octanol–water partition coefficient (Wildman–Crippen LogP) is 1.34. The highest BCUT2D eigenvalue weighted by Crippen LogP contribution is 2.16. The SMILES string of the molecule is Cc1nn2ccccc2c1C(=O)N(C)C.